The number of nitrogens with zero attached hydrogens (tertiary/aromatic N) is 2. The lowest BCUT2D eigenvalue weighted by Crippen LogP contribution is -2.24. The molecule has 0 unspecified atom stereocenters. The highest BCUT2D eigenvalue weighted by molar-refractivity contribution is 7.99. The van der Waals surface area contributed by atoms with Crippen LogP contribution >= 0.6 is 11.8 Å². The van der Waals surface area contributed by atoms with E-state index in [0.717, 1.165) is 56.7 Å². The van der Waals surface area contributed by atoms with Gasteiger partial charge >= 0.3 is 0 Å². The summed E-state index contributed by atoms with van der Waals surface area (Å²) in [6.45, 7) is 9.11. The Morgan fingerprint density at radius 2 is 1.58 bits per heavy atom. The molecule has 0 saturated carbocycles. The SMILES string of the molecule is CCCCCNC(=O)c1cccc(Oc2cc(C(C)(C)C)cc3cc(C#N)c(C#N)c(-c4cccc(Sc5cccc(OC)c5)c4)c23)c1. The van der Waals surface area contributed by atoms with Crippen molar-refractivity contribution in [3.63, 3.8) is 0 Å². The topological polar surface area (TPSA) is 95.1 Å². The molecule has 0 aliphatic rings. The second kappa shape index (κ2) is 15.1. The summed E-state index contributed by atoms with van der Waals surface area (Å²) in [5.41, 5.74) is 3.27. The quantitative estimate of drug-likeness (QED) is 0.143. The van der Waals surface area contributed by atoms with Gasteiger partial charge in [0.15, 0.2) is 0 Å². The molecule has 242 valence electrons. The molecule has 0 spiro atoms. The maximum atomic E-state index is 13.0. The predicted octanol–water partition coefficient (Wildman–Crippen LogP) is 10.4. The highest BCUT2D eigenvalue weighted by Gasteiger charge is 2.23. The molecule has 5 rings (SSSR count). The largest absolute Gasteiger partial charge is 0.497 e. The molecule has 7 heteroatoms. The first kappa shape index (κ1) is 34.1. The fraction of sp³-hybridized carbons (Fsp3) is 0.244. The van der Waals surface area contributed by atoms with Gasteiger partial charge in [0.25, 0.3) is 5.91 Å². The molecule has 0 fully saturated rings. The average molecular weight is 654 g/mol. The van der Waals surface area contributed by atoms with E-state index < -0.39 is 0 Å². The molecule has 5 aromatic rings. The van der Waals surface area contributed by atoms with E-state index in [2.05, 4.69) is 51.2 Å². The van der Waals surface area contributed by atoms with Crippen molar-refractivity contribution in [2.75, 3.05) is 13.7 Å². The molecular weight excluding hydrogens is 615 g/mol. The van der Waals surface area contributed by atoms with Crippen LogP contribution in [0, 0.1) is 22.7 Å². The number of amides is 1. The summed E-state index contributed by atoms with van der Waals surface area (Å²) < 4.78 is 12.1. The van der Waals surface area contributed by atoms with Gasteiger partial charge in [-0.2, -0.15) is 10.5 Å². The Kier molecular flexibility index (Phi) is 10.7. The number of rotatable bonds is 11. The fourth-order valence-corrected chi connectivity index (χ4v) is 6.46. The number of nitriles is 2. The highest BCUT2D eigenvalue weighted by atomic mass is 32.2. The van der Waals surface area contributed by atoms with Crippen LogP contribution in [0.15, 0.2) is 101 Å². The third-order valence-corrected chi connectivity index (χ3v) is 9.07. The summed E-state index contributed by atoms with van der Waals surface area (Å²) >= 11 is 1.58. The number of ether oxygens (including phenoxy) is 2. The summed E-state index contributed by atoms with van der Waals surface area (Å²) in [4.78, 5) is 14.9. The van der Waals surface area contributed by atoms with E-state index in [1.54, 1.807) is 43.1 Å². The Morgan fingerprint density at radius 3 is 2.29 bits per heavy atom. The number of hydrogen-bond acceptors (Lipinski definition) is 6. The Labute approximate surface area is 287 Å². The van der Waals surface area contributed by atoms with Gasteiger partial charge in [0.2, 0.25) is 0 Å². The molecule has 0 bridgehead atoms. The molecule has 0 aliphatic carbocycles. The Balaban J connectivity index is 1.67. The van der Waals surface area contributed by atoms with E-state index >= 15 is 0 Å². The number of nitrogens with one attached hydrogen (secondary N) is 1. The molecule has 0 aromatic heterocycles. The molecule has 0 radical (unpaired) electrons. The average Bonchev–Trinajstić information content (AvgIpc) is 3.09. The van der Waals surface area contributed by atoms with Crippen molar-refractivity contribution in [3.8, 4) is 40.5 Å². The van der Waals surface area contributed by atoms with Crippen molar-refractivity contribution >= 4 is 28.4 Å². The molecule has 0 saturated heterocycles. The van der Waals surface area contributed by atoms with E-state index in [9.17, 15) is 15.3 Å². The molecule has 48 heavy (non-hydrogen) atoms. The molecule has 6 nitrogen and oxygen atoms in total. The number of hydrogen-bond donors (Lipinski definition) is 1. The normalized spacial score (nSPS) is 11.1. The third-order valence-electron chi connectivity index (χ3n) is 8.09. The van der Waals surface area contributed by atoms with Gasteiger partial charge in [-0.3, -0.25) is 4.79 Å². The minimum absolute atomic E-state index is 0.152. The van der Waals surface area contributed by atoms with Gasteiger partial charge in [-0.15, -0.1) is 0 Å². The monoisotopic (exact) mass is 653 g/mol. The van der Waals surface area contributed by atoms with Gasteiger partial charge in [-0.25, -0.2) is 0 Å². The van der Waals surface area contributed by atoms with Gasteiger partial charge in [-0.1, -0.05) is 82.6 Å². The van der Waals surface area contributed by atoms with Gasteiger partial charge in [-0.05, 0) is 89.0 Å². The van der Waals surface area contributed by atoms with Gasteiger partial charge in [0, 0.05) is 32.8 Å². The third kappa shape index (κ3) is 7.82. The van der Waals surface area contributed by atoms with Crippen LogP contribution in [0.5, 0.6) is 17.2 Å². The number of fused-ring (bicyclic) bond motifs is 1. The highest BCUT2D eigenvalue weighted by Crippen LogP contribution is 2.44. The van der Waals surface area contributed by atoms with E-state index in [4.69, 9.17) is 9.47 Å². The zero-order valence-electron chi connectivity index (χ0n) is 28.0. The van der Waals surface area contributed by atoms with Gasteiger partial charge in [0.05, 0.1) is 18.2 Å². The standard InChI is InChI=1S/C41H39N3O3S/c1-6-7-8-18-44-40(45)28-13-9-15-33(21-28)47-37-23-31(41(2,3)4)20-29-19-30(25-42)36(26-43)38(39(29)37)27-12-10-16-34(22-27)48-35-17-11-14-32(24-35)46-5/h9-17,19-24H,6-8,18H2,1-5H3,(H,44,45). The summed E-state index contributed by atoms with van der Waals surface area (Å²) in [6, 6.07) is 33.4. The van der Waals surface area contributed by atoms with E-state index in [1.807, 2.05) is 60.7 Å². The maximum absolute atomic E-state index is 13.0. The number of carbonyl (C=O) groups excluding carboxylic acids is 1. The molecule has 0 atom stereocenters. The summed E-state index contributed by atoms with van der Waals surface area (Å²) in [6.07, 6.45) is 3.07. The lowest BCUT2D eigenvalue weighted by atomic mass is 9.83. The Hall–Kier alpha value is -5.24. The van der Waals surface area contributed by atoms with Crippen LogP contribution in [0.1, 0.15) is 74.0 Å². The first-order valence-corrected chi connectivity index (χ1v) is 16.9. The lowest BCUT2D eigenvalue weighted by Gasteiger charge is -2.23. The molecule has 1 amide bonds. The lowest BCUT2D eigenvalue weighted by molar-refractivity contribution is 0.0952. The van der Waals surface area contributed by atoms with Gasteiger partial charge < -0.3 is 14.8 Å². The van der Waals surface area contributed by atoms with Crippen LogP contribution in [0.4, 0.5) is 0 Å². The van der Waals surface area contributed by atoms with E-state index in [1.165, 1.54) is 0 Å². The minimum Gasteiger partial charge on any atom is -0.497 e. The van der Waals surface area contributed by atoms with E-state index in [-0.39, 0.29) is 16.9 Å². The smallest absolute Gasteiger partial charge is 0.251 e. The number of carbonyl (C=O) groups is 1. The van der Waals surface area contributed by atoms with Crippen molar-refractivity contribution < 1.29 is 14.3 Å². The number of unbranched alkanes of at least 4 members (excludes halogenated alkanes) is 2. The number of methoxy groups -OCH3 is 1. The molecule has 5 aromatic carbocycles. The van der Waals surface area contributed by atoms with Crippen molar-refractivity contribution in [1.29, 1.82) is 10.5 Å². The molecule has 0 heterocycles. The van der Waals surface area contributed by atoms with Crippen LogP contribution in [-0.2, 0) is 5.41 Å². The van der Waals surface area contributed by atoms with Crippen molar-refractivity contribution in [3.05, 3.63) is 113 Å². The van der Waals surface area contributed by atoms with Crippen molar-refractivity contribution in [2.24, 2.45) is 0 Å². The van der Waals surface area contributed by atoms with Crippen LogP contribution in [0.3, 0.4) is 0 Å². The minimum atomic E-state index is -0.235. The predicted molar refractivity (Wildman–Crippen MR) is 193 cm³/mol. The Bertz CT molecular complexity index is 2050. The zero-order valence-corrected chi connectivity index (χ0v) is 28.8. The van der Waals surface area contributed by atoms with Crippen molar-refractivity contribution in [1.82, 2.24) is 5.32 Å². The summed E-state index contributed by atoms with van der Waals surface area (Å²) in [7, 11) is 1.64. The fourth-order valence-electron chi connectivity index (χ4n) is 5.53. The van der Waals surface area contributed by atoms with Crippen LogP contribution in [0.2, 0.25) is 0 Å². The summed E-state index contributed by atoms with van der Waals surface area (Å²) in [5.74, 6) is 1.66. The molecule has 1 N–H and O–H groups in total. The van der Waals surface area contributed by atoms with Crippen molar-refractivity contribution in [2.45, 2.75) is 62.2 Å². The first-order chi connectivity index (χ1) is 23.1. The Morgan fingerprint density at radius 1 is 0.854 bits per heavy atom. The van der Waals surface area contributed by atoms with Crippen LogP contribution in [-0.4, -0.2) is 19.6 Å². The first-order valence-electron chi connectivity index (χ1n) is 16.1. The van der Waals surface area contributed by atoms with E-state index in [0.29, 0.717) is 34.7 Å². The van der Waals surface area contributed by atoms with Gasteiger partial charge in [0.1, 0.15) is 29.4 Å². The zero-order chi connectivity index (χ0) is 34.3. The van der Waals surface area contributed by atoms with Crippen LogP contribution in [0.25, 0.3) is 21.9 Å². The maximum Gasteiger partial charge on any atom is 0.251 e. The second-order valence-corrected chi connectivity index (χ2v) is 13.8. The molecular formula is C41H39N3O3S. The number of benzene rings is 5. The second-order valence-electron chi connectivity index (χ2n) is 12.6. The summed E-state index contributed by atoms with van der Waals surface area (Å²) in [5, 5.41) is 25.2. The van der Waals surface area contributed by atoms with Crippen LogP contribution < -0.4 is 14.8 Å². The molecule has 0 aliphatic heterocycles.